The van der Waals surface area contributed by atoms with Crippen molar-refractivity contribution in [3.05, 3.63) is 11.0 Å². The lowest BCUT2D eigenvalue weighted by atomic mass is 10.3. The first-order valence-corrected chi connectivity index (χ1v) is 7.39. The van der Waals surface area contributed by atoms with Crippen molar-refractivity contribution in [2.45, 2.75) is 38.6 Å². The van der Waals surface area contributed by atoms with Crippen molar-refractivity contribution in [1.29, 1.82) is 0 Å². The first-order valence-electron chi connectivity index (χ1n) is 6.57. The maximum Gasteiger partial charge on any atom is 0.303 e. The number of nitrogens with zero attached hydrogens (tertiary/aromatic N) is 1. The Morgan fingerprint density at radius 3 is 2.81 bits per heavy atom. The minimum atomic E-state index is -0.948. The second-order valence-corrected chi connectivity index (χ2v) is 6.21. The summed E-state index contributed by atoms with van der Waals surface area (Å²) in [6.07, 6.45) is 1.40. The van der Waals surface area contributed by atoms with Gasteiger partial charge in [0.05, 0.1) is 11.5 Å². The molecule has 2 rings (SSSR count). The van der Waals surface area contributed by atoms with Crippen LogP contribution in [0.1, 0.15) is 26.7 Å². The Kier molecular flexibility index (Phi) is 4.70. The summed E-state index contributed by atoms with van der Waals surface area (Å²) in [5, 5.41) is 8.19. The third kappa shape index (κ3) is 4.05. The molecule has 0 spiro atoms. The summed E-state index contributed by atoms with van der Waals surface area (Å²) >= 11 is 0.843. The average molecular weight is 315 g/mol. The summed E-state index contributed by atoms with van der Waals surface area (Å²) < 4.78 is 11.0. The first-order chi connectivity index (χ1) is 9.78. The number of amides is 2. The van der Waals surface area contributed by atoms with E-state index in [1.807, 2.05) is 0 Å². The van der Waals surface area contributed by atoms with E-state index in [4.69, 9.17) is 14.6 Å². The van der Waals surface area contributed by atoms with Crippen molar-refractivity contribution in [1.82, 2.24) is 4.90 Å². The molecule has 0 saturated carbocycles. The van der Waals surface area contributed by atoms with Gasteiger partial charge in [-0.2, -0.15) is 0 Å². The van der Waals surface area contributed by atoms with E-state index in [1.54, 1.807) is 19.9 Å². The van der Waals surface area contributed by atoms with E-state index in [1.165, 1.54) is 0 Å². The Labute approximate surface area is 126 Å². The van der Waals surface area contributed by atoms with Gasteiger partial charge in [0.2, 0.25) is 0 Å². The maximum absolute atomic E-state index is 12.1. The molecule has 0 bridgehead atoms. The van der Waals surface area contributed by atoms with Crippen LogP contribution < -0.4 is 0 Å². The molecule has 2 aliphatic heterocycles. The van der Waals surface area contributed by atoms with Crippen LogP contribution in [-0.4, -0.2) is 52.2 Å². The lowest BCUT2D eigenvalue weighted by Gasteiger charge is -2.15. The second kappa shape index (κ2) is 6.17. The number of carboxylic acids is 1. The van der Waals surface area contributed by atoms with Gasteiger partial charge in [0.1, 0.15) is 6.10 Å². The molecule has 2 aliphatic rings. The minimum absolute atomic E-state index is 0.0749. The van der Waals surface area contributed by atoms with Crippen LogP contribution in [0.2, 0.25) is 0 Å². The highest BCUT2D eigenvalue weighted by molar-refractivity contribution is 8.18. The van der Waals surface area contributed by atoms with Crippen molar-refractivity contribution in [3.8, 4) is 0 Å². The van der Waals surface area contributed by atoms with E-state index < -0.39 is 17.7 Å². The predicted octanol–water partition coefficient (Wildman–Crippen LogP) is 1.58. The van der Waals surface area contributed by atoms with Gasteiger partial charge in [0, 0.05) is 13.0 Å². The summed E-state index contributed by atoms with van der Waals surface area (Å²) in [5.41, 5.74) is 0. The third-order valence-electron chi connectivity index (χ3n) is 3.01. The third-order valence-corrected chi connectivity index (χ3v) is 3.94. The van der Waals surface area contributed by atoms with Gasteiger partial charge in [-0.1, -0.05) is 0 Å². The molecule has 0 aromatic heterocycles. The molecule has 21 heavy (non-hydrogen) atoms. The van der Waals surface area contributed by atoms with Crippen LogP contribution in [0, 0.1) is 0 Å². The molecule has 1 atom stereocenters. The molecule has 0 aromatic carbocycles. The maximum atomic E-state index is 12.1. The number of thioether (sulfide) groups is 1. The highest BCUT2D eigenvalue weighted by atomic mass is 32.2. The second-order valence-electron chi connectivity index (χ2n) is 5.22. The summed E-state index contributed by atoms with van der Waals surface area (Å²) in [5.74, 6) is -2.04. The number of hydrogen-bond donors (Lipinski definition) is 1. The molecule has 0 aliphatic carbocycles. The molecule has 1 N–H and O–H groups in total. The number of carbonyl (C=O) groups excluding carboxylic acids is 2. The van der Waals surface area contributed by atoms with E-state index in [0.717, 1.165) is 16.7 Å². The van der Waals surface area contributed by atoms with E-state index in [0.29, 0.717) is 11.5 Å². The zero-order valence-corrected chi connectivity index (χ0v) is 12.6. The lowest BCUT2D eigenvalue weighted by Crippen LogP contribution is -2.29. The quantitative estimate of drug-likeness (QED) is 0.770. The van der Waals surface area contributed by atoms with Crippen LogP contribution in [-0.2, 0) is 19.1 Å². The molecule has 2 heterocycles. The Bertz CT molecular complexity index is 501. The standard InChI is InChI=1S/C13H17NO6S/c1-13(2)19-7-8(20-13)6-9-11(17)14(12(18)21-9)5-3-4-10(15)16/h6,8H,3-5,7H2,1-2H3,(H,15,16)/b9-6-. The van der Waals surface area contributed by atoms with Gasteiger partial charge in [0.15, 0.2) is 5.79 Å². The highest BCUT2D eigenvalue weighted by Crippen LogP contribution is 2.33. The Morgan fingerprint density at radius 1 is 1.52 bits per heavy atom. The molecule has 2 saturated heterocycles. The summed E-state index contributed by atoms with van der Waals surface area (Å²) in [6.45, 7) is 4.00. The highest BCUT2D eigenvalue weighted by Gasteiger charge is 2.37. The van der Waals surface area contributed by atoms with Gasteiger partial charge in [0.25, 0.3) is 11.1 Å². The van der Waals surface area contributed by atoms with Crippen LogP contribution in [0.25, 0.3) is 0 Å². The number of aliphatic carboxylic acids is 1. The molecule has 7 nitrogen and oxygen atoms in total. The summed E-state index contributed by atoms with van der Waals surface area (Å²) in [6, 6.07) is 0. The minimum Gasteiger partial charge on any atom is -0.481 e. The fourth-order valence-corrected chi connectivity index (χ4v) is 2.95. The number of rotatable bonds is 5. The average Bonchev–Trinajstić information content (AvgIpc) is 2.83. The normalized spacial score (nSPS) is 26.9. The van der Waals surface area contributed by atoms with Crippen LogP contribution in [0.15, 0.2) is 11.0 Å². The van der Waals surface area contributed by atoms with Crippen molar-refractivity contribution < 1.29 is 29.0 Å². The molecule has 0 radical (unpaired) electrons. The Balaban J connectivity index is 1.96. The van der Waals surface area contributed by atoms with Gasteiger partial charge in [-0.3, -0.25) is 19.3 Å². The van der Waals surface area contributed by atoms with Crippen molar-refractivity contribution >= 4 is 28.9 Å². The van der Waals surface area contributed by atoms with Crippen LogP contribution >= 0.6 is 11.8 Å². The smallest absolute Gasteiger partial charge is 0.303 e. The van der Waals surface area contributed by atoms with E-state index in [2.05, 4.69) is 0 Å². The molecule has 116 valence electrons. The monoisotopic (exact) mass is 315 g/mol. The van der Waals surface area contributed by atoms with Crippen molar-refractivity contribution in [2.75, 3.05) is 13.2 Å². The van der Waals surface area contributed by atoms with E-state index >= 15 is 0 Å². The predicted molar refractivity (Wildman–Crippen MR) is 74.6 cm³/mol. The summed E-state index contributed by atoms with van der Waals surface area (Å²) in [7, 11) is 0. The van der Waals surface area contributed by atoms with Crippen molar-refractivity contribution in [3.63, 3.8) is 0 Å². The topological polar surface area (TPSA) is 93.1 Å². The Hall–Kier alpha value is -1.38. The van der Waals surface area contributed by atoms with Gasteiger partial charge < -0.3 is 14.6 Å². The SMILES string of the molecule is CC1(C)OCC(/C=C2\SC(=O)N(CCCC(=O)O)C2=O)O1. The lowest BCUT2D eigenvalue weighted by molar-refractivity contribution is -0.137. The van der Waals surface area contributed by atoms with Crippen LogP contribution in [0.5, 0.6) is 0 Å². The number of carbonyl (C=O) groups is 3. The summed E-state index contributed by atoms with van der Waals surface area (Å²) in [4.78, 5) is 35.7. The number of hydrogen-bond acceptors (Lipinski definition) is 6. The molecule has 1 unspecified atom stereocenters. The van der Waals surface area contributed by atoms with E-state index in [9.17, 15) is 14.4 Å². The Morgan fingerprint density at radius 2 is 2.24 bits per heavy atom. The molecular formula is C13H17NO6S. The fourth-order valence-electron chi connectivity index (χ4n) is 2.06. The zero-order chi connectivity index (χ0) is 15.6. The van der Waals surface area contributed by atoms with E-state index in [-0.39, 0.29) is 30.7 Å². The van der Waals surface area contributed by atoms with Crippen LogP contribution in [0.3, 0.4) is 0 Å². The molecule has 0 aromatic rings. The van der Waals surface area contributed by atoms with Crippen LogP contribution in [0.4, 0.5) is 4.79 Å². The number of carboxylic acid groups (broad SMARTS) is 1. The largest absolute Gasteiger partial charge is 0.481 e. The number of ether oxygens (including phenoxy) is 2. The van der Waals surface area contributed by atoms with Gasteiger partial charge in [-0.25, -0.2) is 0 Å². The van der Waals surface area contributed by atoms with Crippen molar-refractivity contribution in [2.24, 2.45) is 0 Å². The molecule has 8 heteroatoms. The zero-order valence-electron chi connectivity index (χ0n) is 11.8. The molecule has 2 amide bonds. The first kappa shape index (κ1) is 16.0. The number of imide groups is 1. The fraction of sp³-hybridized carbons (Fsp3) is 0.615. The van der Waals surface area contributed by atoms with Gasteiger partial charge in [-0.15, -0.1) is 0 Å². The van der Waals surface area contributed by atoms with Gasteiger partial charge in [-0.05, 0) is 38.1 Å². The molecular weight excluding hydrogens is 298 g/mol. The molecule has 2 fully saturated rings. The van der Waals surface area contributed by atoms with Gasteiger partial charge >= 0.3 is 5.97 Å².